The molecule has 7 aromatic rings. The number of furan rings is 1. The van der Waals surface area contributed by atoms with E-state index in [1.807, 2.05) is 24.3 Å². The Morgan fingerprint density at radius 2 is 1.32 bits per heavy atom. The molecule has 0 saturated heterocycles. The van der Waals surface area contributed by atoms with E-state index in [0.717, 1.165) is 69.4 Å². The lowest BCUT2D eigenvalue weighted by atomic mass is 10.0. The van der Waals surface area contributed by atoms with Crippen molar-refractivity contribution < 1.29 is 14.3 Å². The van der Waals surface area contributed by atoms with Crippen LogP contribution in [0.4, 0.5) is 17.1 Å². The van der Waals surface area contributed by atoms with Gasteiger partial charge in [-0.3, -0.25) is 0 Å². The number of aromatic nitrogens is 1. The second-order valence-corrected chi connectivity index (χ2v) is 12.9. The van der Waals surface area contributed by atoms with Crippen molar-refractivity contribution >= 4 is 50.9 Å². The first-order valence-electron chi connectivity index (χ1n) is 16.9. The largest absolute Gasteiger partial charge is 0.477 e. The third-order valence-corrected chi connectivity index (χ3v) is 9.06. The van der Waals surface area contributed by atoms with Gasteiger partial charge in [-0.15, -0.1) is 0 Å². The van der Waals surface area contributed by atoms with E-state index in [0.29, 0.717) is 17.4 Å². The standard InChI is InChI=1S/C44H37N3O3/c1-30(2)10-9-25-46-41-22-17-32(31-15-19-37(20-16-31)47(35-11-5-3-6-12-35)36-13-7-4-8-14-36)27-39(41)40-28-33(18-23-42(40)46)43-24-21-38(50-43)26-34(29-45)44(48)49/h3-8,11-24,26-28,30H,9-10,25H2,1-2H3,(H,48,49)/b34-26-. The first-order valence-corrected chi connectivity index (χ1v) is 16.9. The molecule has 2 heterocycles. The van der Waals surface area contributed by atoms with Crippen LogP contribution in [0.3, 0.4) is 0 Å². The topological polar surface area (TPSA) is 82.4 Å². The second kappa shape index (κ2) is 14.0. The molecule has 246 valence electrons. The smallest absolute Gasteiger partial charge is 0.346 e. The Hall–Kier alpha value is -6.32. The van der Waals surface area contributed by atoms with E-state index in [1.165, 1.54) is 11.6 Å². The number of para-hydroxylation sites is 2. The molecule has 0 atom stereocenters. The minimum absolute atomic E-state index is 0.319. The van der Waals surface area contributed by atoms with Crippen molar-refractivity contribution in [3.8, 4) is 28.5 Å². The Kier molecular flexibility index (Phi) is 9.05. The lowest BCUT2D eigenvalue weighted by molar-refractivity contribution is -0.132. The number of fused-ring (bicyclic) bond motifs is 3. The fraction of sp³-hybridized carbons (Fsp3) is 0.136. The number of carbonyl (C=O) groups is 1. The highest BCUT2D eigenvalue weighted by atomic mass is 16.4. The predicted molar refractivity (Wildman–Crippen MR) is 203 cm³/mol. The lowest BCUT2D eigenvalue weighted by Crippen LogP contribution is -2.09. The minimum atomic E-state index is -1.28. The number of aryl methyl sites for hydroxylation is 1. The number of hydrogen-bond acceptors (Lipinski definition) is 4. The molecule has 0 spiro atoms. The van der Waals surface area contributed by atoms with Gasteiger partial charge in [0.1, 0.15) is 23.2 Å². The molecule has 5 aromatic carbocycles. The monoisotopic (exact) mass is 655 g/mol. The van der Waals surface area contributed by atoms with Gasteiger partial charge in [0, 0.05) is 57.1 Å². The Balaban J connectivity index is 1.29. The summed E-state index contributed by atoms with van der Waals surface area (Å²) in [4.78, 5) is 13.6. The zero-order chi connectivity index (χ0) is 34.6. The van der Waals surface area contributed by atoms with Gasteiger partial charge >= 0.3 is 5.97 Å². The van der Waals surface area contributed by atoms with E-state index in [-0.39, 0.29) is 5.57 Å². The molecule has 50 heavy (non-hydrogen) atoms. The molecule has 6 nitrogen and oxygen atoms in total. The maximum absolute atomic E-state index is 11.4. The maximum Gasteiger partial charge on any atom is 0.346 e. The number of benzene rings is 5. The number of nitriles is 1. The molecule has 0 fully saturated rings. The number of nitrogens with zero attached hydrogens (tertiary/aromatic N) is 3. The van der Waals surface area contributed by atoms with Gasteiger partial charge in [-0.25, -0.2) is 4.79 Å². The van der Waals surface area contributed by atoms with Crippen molar-refractivity contribution in [1.82, 2.24) is 4.57 Å². The molecule has 0 bridgehead atoms. The fourth-order valence-corrected chi connectivity index (χ4v) is 6.61. The summed E-state index contributed by atoms with van der Waals surface area (Å²) in [6.45, 7) is 5.44. The van der Waals surface area contributed by atoms with Gasteiger partial charge in [0.25, 0.3) is 0 Å². The van der Waals surface area contributed by atoms with E-state index >= 15 is 0 Å². The molecule has 2 aromatic heterocycles. The third-order valence-electron chi connectivity index (χ3n) is 9.06. The van der Waals surface area contributed by atoms with Gasteiger partial charge < -0.3 is 19.0 Å². The second-order valence-electron chi connectivity index (χ2n) is 12.9. The van der Waals surface area contributed by atoms with Crippen molar-refractivity contribution in [3.63, 3.8) is 0 Å². The van der Waals surface area contributed by atoms with Gasteiger partial charge in [-0.1, -0.05) is 68.4 Å². The van der Waals surface area contributed by atoms with Crippen molar-refractivity contribution in [1.29, 1.82) is 5.26 Å². The summed E-state index contributed by atoms with van der Waals surface area (Å²) >= 11 is 0. The Labute approximate surface area is 291 Å². The highest BCUT2D eigenvalue weighted by Crippen LogP contribution is 2.38. The van der Waals surface area contributed by atoms with Crippen molar-refractivity contribution in [2.75, 3.05) is 4.90 Å². The van der Waals surface area contributed by atoms with Crippen LogP contribution >= 0.6 is 0 Å². The molecule has 0 aliphatic rings. The quantitative estimate of drug-likeness (QED) is 0.111. The van der Waals surface area contributed by atoms with E-state index in [9.17, 15) is 15.2 Å². The zero-order valence-electron chi connectivity index (χ0n) is 28.1. The van der Waals surface area contributed by atoms with Crippen LogP contribution in [0.5, 0.6) is 0 Å². The van der Waals surface area contributed by atoms with Crippen LogP contribution in [0.1, 0.15) is 32.4 Å². The zero-order valence-corrected chi connectivity index (χ0v) is 28.1. The number of rotatable bonds is 11. The number of anilines is 3. The molecular weight excluding hydrogens is 619 g/mol. The predicted octanol–water partition coefficient (Wildman–Crippen LogP) is 11.6. The SMILES string of the molecule is CC(C)CCCn1c2ccc(-c3ccc(N(c4ccccc4)c4ccccc4)cc3)cc2c2cc(-c3ccc(/C=C(/C#N)C(=O)O)o3)ccc21. The number of carboxylic acid groups (broad SMARTS) is 1. The molecule has 1 N–H and O–H groups in total. The van der Waals surface area contributed by atoms with E-state index in [1.54, 1.807) is 12.1 Å². The summed E-state index contributed by atoms with van der Waals surface area (Å²) in [5.74, 6) is 0.273. The number of hydrogen-bond donors (Lipinski definition) is 1. The Bertz CT molecular complexity index is 2320. The van der Waals surface area contributed by atoms with Crippen LogP contribution in [0.25, 0.3) is 50.3 Å². The highest BCUT2D eigenvalue weighted by Gasteiger charge is 2.16. The van der Waals surface area contributed by atoms with Crippen LogP contribution in [0.2, 0.25) is 0 Å². The number of carboxylic acids is 1. The van der Waals surface area contributed by atoms with E-state index in [2.05, 4.69) is 126 Å². The summed E-state index contributed by atoms with van der Waals surface area (Å²) in [6.07, 6.45) is 3.48. The first-order chi connectivity index (χ1) is 24.4. The third kappa shape index (κ3) is 6.54. The van der Waals surface area contributed by atoms with Crippen LogP contribution in [0, 0.1) is 17.2 Å². The molecule has 6 heteroatoms. The molecule has 0 radical (unpaired) electrons. The van der Waals surface area contributed by atoms with Crippen molar-refractivity contribution in [2.24, 2.45) is 5.92 Å². The summed E-state index contributed by atoms with van der Waals surface area (Å²) in [5.41, 5.74) is 8.38. The highest BCUT2D eigenvalue weighted by molar-refractivity contribution is 6.10. The molecule has 0 amide bonds. The van der Waals surface area contributed by atoms with Gasteiger partial charge in [0.15, 0.2) is 0 Å². The Morgan fingerprint density at radius 1 is 0.760 bits per heavy atom. The lowest BCUT2D eigenvalue weighted by Gasteiger charge is -2.25. The molecule has 0 aliphatic heterocycles. The molecule has 0 aliphatic carbocycles. The molecule has 0 saturated carbocycles. The average molecular weight is 656 g/mol. The van der Waals surface area contributed by atoms with Gasteiger partial charge in [-0.05, 0) is 109 Å². The van der Waals surface area contributed by atoms with Crippen LogP contribution in [-0.4, -0.2) is 15.6 Å². The van der Waals surface area contributed by atoms with Crippen molar-refractivity contribution in [2.45, 2.75) is 33.2 Å². The summed E-state index contributed by atoms with van der Waals surface area (Å²) < 4.78 is 8.42. The normalized spacial score (nSPS) is 11.7. The minimum Gasteiger partial charge on any atom is -0.477 e. The van der Waals surface area contributed by atoms with Gasteiger partial charge in [0.2, 0.25) is 0 Å². The molecular formula is C44H37N3O3. The van der Waals surface area contributed by atoms with Gasteiger partial charge in [0.05, 0.1) is 0 Å². The van der Waals surface area contributed by atoms with Crippen molar-refractivity contribution in [3.05, 3.63) is 145 Å². The molecule has 0 unspecified atom stereocenters. The summed E-state index contributed by atoms with van der Waals surface area (Å²) in [6, 6.07) is 47.8. The summed E-state index contributed by atoms with van der Waals surface area (Å²) in [7, 11) is 0. The fourth-order valence-electron chi connectivity index (χ4n) is 6.61. The molecule has 7 rings (SSSR count). The van der Waals surface area contributed by atoms with Crippen LogP contribution < -0.4 is 4.90 Å². The van der Waals surface area contributed by atoms with Gasteiger partial charge in [-0.2, -0.15) is 5.26 Å². The van der Waals surface area contributed by atoms with E-state index < -0.39 is 5.97 Å². The first kappa shape index (κ1) is 32.2. The average Bonchev–Trinajstić information content (AvgIpc) is 3.74. The van der Waals surface area contributed by atoms with E-state index in [4.69, 9.17) is 4.42 Å². The number of aliphatic carboxylic acids is 1. The summed E-state index contributed by atoms with van der Waals surface area (Å²) in [5, 5.41) is 20.7. The maximum atomic E-state index is 11.4. The van der Waals surface area contributed by atoms with Crippen LogP contribution in [0.15, 0.2) is 143 Å². The Morgan fingerprint density at radius 3 is 1.90 bits per heavy atom. The van der Waals surface area contributed by atoms with Crippen LogP contribution in [-0.2, 0) is 11.3 Å².